The maximum atomic E-state index is 12.9. The number of fused-ring (bicyclic) bond motifs is 2. The molecule has 5 rings (SSSR count). The van der Waals surface area contributed by atoms with E-state index in [1.165, 1.54) is 0 Å². The zero-order valence-electron chi connectivity index (χ0n) is 12.6. The molecule has 0 saturated carbocycles. The number of amides is 2. The smallest absolute Gasteiger partial charge is 0.329 e. The highest BCUT2D eigenvalue weighted by atomic mass is 32.1. The summed E-state index contributed by atoms with van der Waals surface area (Å²) in [5.74, 6) is 0. The van der Waals surface area contributed by atoms with Crippen LogP contribution >= 0.6 is 11.3 Å². The summed E-state index contributed by atoms with van der Waals surface area (Å²) < 4.78 is 1.09. The number of nitrogens with zero attached hydrogens (tertiary/aromatic N) is 4. The molecule has 1 saturated heterocycles. The Kier molecular flexibility index (Phi) is 2.83. The van der Waals surface area contributed by atoms with E-state index in [1.807, 2.05) is 42.0 Å². The molecule has 4 heterocycles. The molecule has 0 spiro atoms. The minimum absolute atomic E-state index is 0.0180. The first-order chi connectivity index (χ1) is 11.8. The lowest BCUT2D eigenvalue weighted by molar-refractivity contribution is 0.256. The molecule has 1 N–H and O–H groups in total. The number of hydrogen-bond acceptors (Lipinski definition) is 4. The molecule has 1 aromatic carbocycles. The minimum Gasteiger partial charge on any atom is -0.346 e. The first-order valence-electron chi connectivity index (χ1n) is 7.65. The average Bonchev–Trinajstić information content (AvgIpc) is 3.32. The number of hydrogen-bond donors (Lipinski definition) is 1. The van der Waals surface area contributed by atoms with Crippen LogP contribution in [-0.4, -0.2) is 34.1 Å². The van der Waals surface area contributed by atoms with Gasteiger partial charge in [-0.15, -0.1) is 11.3 Å². The second-order valence-corrected chi connectivity index (χ2v) is 6.59. The number of benzene rings is 1. The molecule has 0 atom stereocenters. The summed E-state index contributed by atoms with van der Waals surface area (Å²) in [5, 5.41) is 1.00. The quantitative estimate of drug-likeness (QED) is 0.608. The fourth-order valence-corrected chi connectivity index (χ4v) is 3.81. The van der Waals surface area contributed by atoms with Crippen LogP contribution < -0.4 is 9.80 Å². The molecule has 1 aliphatic heterocycles. The summed E-state index contributed by atoms with van der Waals surface area (Å²) in [6.07, 6.45) is 3.59. The van der Waals surface area contributed by atoms with Crippen LogP contribution in [0.25, 0.3) is 21.3 Å². The summed E-state index contributed by atoms with van der Waals surface area (Å²) in [7, 11) is 0. The van der Waals surface area contributed by atoms with Gasteiger partial charge in [-0.05, 0) is 30.3 Å². The van der Waals surface area contributed by atoms with Crippen molar-refractivity contribution in [2.75, 3.05) is 22.9 Å². The number of carbonyl (C=O) groups excluding carboxylic acids is 1. The maximum absolute atomic E-state index is 12.9. The van der Waals surface area contributed by atoms with Crippen molar-refractivity contribution in [2.45, 2.75) is 0 Å². The van der Waals surface area contributed by atoms with Crippen LogP contribution in [-0.2, 0) is 0 Å². The van der Waals surface area contributed by atoms with E-state index in [9.17, 15) is 4.79 Å². The summed E-state index contributed by atoms with van der Waals surface area (Å²) in [5.41, 5.74) is 5.36. The van der Waals surface area contributed by atoms with Crippen LogP contribution in [0.1, 0.15) is 0 Å². The Hall–Kier alpha value is -2.93. The van der Waals surface area contributed by atoms with Crippen LogP contribution in [0.3, 0.4) is 0 Å². The van der Waals surface area contributed by atoms with Gasteiger partial charge in [0.15, 0.2) is 0 Å². The third kappa shape index (κ3) is 1.98. The second kappa shape index (κ2) is 5.04. The number of aromatic nitrogens is 3. The van der Waals surface area contributed by atoms with E-state index in [4.69, 9.17) is 0 Å². The fourth-order valence-electron chi connectivity index (χ4n) is 3.10. The SMILES string of the molecule is O=C1N(c2cnc3[nH]ccc3c2)CCN1c1ccc2ncsc2c1. The predicted molar refractivity (Wildman–Crippen MR) is 95.8 cm³/mol. The molecule has 1 fully saturated rings. The highest BCUT2D eigenvalue weighted by molar-refractivity contribution is 7.16. The van der Waals surface area contributed by atoms with Gasteiger partial charge in [0.05, 0.1) is 27.6 Å². The van der Waals surface area contributed by atoms with Crippen molar-refractivity contribution < 1.29 is 4.79 Å². The highest BCUT2D eigenvalue weighted by Crippen LogP contribution is 2.29. The monoisotopic (exact) mass is 335 g/mol. The zero-order valence-corrected chi connectivity index (χ0v) is 13.5. The first-order valence-corrected chi connectivity index (χ1v) is 8.53. The van der Waals surface area contributed by atoms with Crippen molar-refractivity contribution in [3.63, 3.8) is 0 Å². The van der Waals surface area contributed by atoms with Crippen molar-refractivity contribution in [1.82, 2.24) is 15.0 Å². The first kappa shape index (κ1) is 13.5. The topological polar surface area (TPSA) is 65.1 Å². The van der Waals surface area contributed by atoms with Gasteiger partial charge in [0, 0.05) is 30.4 Å². The Balaban J connectivity index is 1.49. The molecule has 0 radical (unpaired) electrons. The van der Waals surface area contributed by atoms with E-state index in [1.54, 1.807) is 27.3 Å². The summed E-state index contributed by atoms with van der Waals surface area (Å²) in [4.78, 5) is 28.2. The van der Waals surface area contributed by atoms with Crippen molar-refractivity contribution >= 4 is 50.0 Å². The van der Waals surface area contributed by atoms with Crippen molar-refractivity contribution in [1.29, 1.82) is 0 Å². The van der Waals surface area contributed by atoms with E-state index in [-0.39, 0.29) is 6.03 Å². The number of aromatic amines is 1. The van der Waals surface area contributed by atoms with Gasteiger partial charge >= 0.3 is 6.03 Å². The van der Waals surface area contributed by atoms with E-state index in [2.05, 4.69) is 15.0 Å². The third-order valence-corrected chi connectivity index (χ3v) is 5.12. The number of carbonyl (C=O) groups is 1. The molecule has 24 heavy (non-hydrogen) atoms. The van der Waals surface area contributed by atoms with Gasteiger partial charge in [-0.25, -0.2) is 14.8 Å². The molecule has 2 amide bonds. The molecule has 0 aliphatic carbocycles. The molecule has 118 valence electrons. The molecule has 3 aromatic heterocycles. The van der Waals surface area contributed by atoms with Gasteiger partial charge in [0.2, 0.25) is 0 Å². The van der Waals surface area contributed by atoms with E-state index < -0.39 is 0 Å². The molecule has 0 unspecified atom stereocenters. The fraction of sp³-hybridized carbons (Fsp3) is 0.118. The summed E-state index contributed by atoms with van der Waals surface area (Å²) in [6.45, 7) is 1.31. The van der Waals surface area contributed by atoms with Crippen LogP contribution in [0.15, 0.2) is 48.2 Å². The number of nitrogens with one attached hydrogen (secondary N) is 1. The van der Waals surface area contributed by atoms with Crippen LogP contribution in [0.4, 0.5) is 16.2 Å². The van der Waals surface area contributed by atoms with Gasteiger partial charge in [0.25, 0.3) is 0 Å². The van der Waals surface area contributed by atoms with Crippen LogP contribution in [0.5, 0.6) is 0 Å². The van der Waals surface area contributed by atoms with E-state index in [0.29, 0.717) is 13.1 Å². The predicted octanol–water partition coefficient (Wildman–Crippen LogP) is 3.62. The van der Waals surface area contributed by atoms with Crippen LogP contribution in [0.2, 0.25) is 0 Å². The summed E-state index contributed by atoms with van der Waals surface area (Å²) in [6, 6.07) is 9.88. The molecule has 4 aromatic rings. The Morgan fingerprint density at radius 3 is 2.83 bits per heavy atom. The summed E-state index contributed by atoms with van der Waals surface area (Å²) >= 11 is 1.58. The lowest BCUT2D eigenvalue weighted by Crippen LogP contribution is -2.31. The van der Waals surface area contributed by atoms with Crippen molar-refractivity contribution in [2.24, 2.45) is 0 Å². The molecule has 0 bridgehead atoms. The number of H-pyrrole nitrogens is 1. The van der Waals surface area contributed by atoms with Gasteiger partial charge in [-0.2, -0.15) is 0 Å². The average molecular weight is 335 g/mol. The Morgan fingerprint density at radius 1 is 1.04 bits per heavy atom. The Morgan fingerprint density at radius 2 is 1.92 bits per heavy atom. The molecule has 7 heteroatoms. The number of thiazole rings is 1. The van der Waals surface area contributed by atoms with Crippen molar-refractivity contribution in [3.05, 3.63) is 48.2 Å². The Labute approximate surface area is 141 Å². The molecular weight excluding hydrogens is 322 g/mol. The van der Waals surface area contributed by atoms with Crippen molar-refractivity contribution in [3.8, 4) is 0 Å². The maximum Gasteiger partial charge on any atom is 0.329 e. The highest BCUT2D eigenvalue weighted by Gasteiger charge is 2.31. The van der Waals surface area contributed by atoms with Gasteiger partial charge in [0.1, 0.15) is 5.65 Å². The van der Waals surface area contributed by atoms with Gasteiger partial charge in [-0.3, -0.25) is 9.80 Å². The number of rotatable bonds is 2. The molecular formula is C17H13N5OS. The largest absolute Gasteiger partial charge is 0.346 e. The van der Waals surface area contributed by atoms with Gasteiger partial charge in [-0.1, -0.05) is 0 Å². The third-order valence-electron chi connectivity index (χ3n) is 4.33. The van der Waals surface area contributed by atoms with Crippen LogP contribution in [0, 0.1) is 0 Å². The molecule has 1 aliphatic rings. The van der Waals surface area contributed by atoms with E-state index >= 15 is 0 Å². The lowest BCUT2D eigenvalue weighted by atomic mass is 10.3. The van der Waals surface area contributed by atoms with Gasteiger partial charge < -0.3 is 4.98 Å². The standard InChI is InChI=1S/C17H13N5OS/c23-17-21(12-1-2-14-15(8-12)24-10-20-14)5-6-22(17)13-7-11-3-4-18-16(11)19-9-13/h1-4,7-10H,5-6H2,(H,18,19). The number of urea groups is 1. The molecule has 6 nitrogen and oxygen atoms in total. The normalized spacial score (nSPS) is 15.1. The Bertz CT molecular complexity index is 985. The second-order valence-electron chi connectivity index (χ2n) is 5.70. The number of pyridine rings is 1. The lowest BCUT2D eigenvalue weighted by Gasteiger charge is -2.18. The van der Waals surface area contributed by atoms with E-state index in [0.717, 1.165) is 32.6 Å². The number of anilines is 2. The minimum atomic E-state index is -0.0180. The zero-order chi connectivity index (χ0) is 16.1.